The predicted molar refractivity (Wildman–Crippen MR) is 129 cm³/mol. The highest BCUT2D eigenvalue weighted by atomic mass is 16.5. The Morgan fingerprint density at radius 1 is 1.00 bits per heavy atom. The highest BCUT2D eigenvalue weighted by Gasteiger charge is 2.34. The van der Waals surface area contributed by atoms with Crippen molar-refractivity contribution in [1.82, 2.24) is 4.90 Å². The van der Waals surface area contributed by atoms with E-state index in [0.29, 0.717) is 31.3 Å². The van der Waals surface area contributed by atoms with Gasteiger partial charge in [0.1, 0.15) is 17.5 Å². The number of benzene rings is 3. The Morgan fingerprint density at radius 2 is 1.67 bits per heavy atom. The number of anilines is 1. The fourth-order valence-electron chi connectivity index (χ4n) is 4.09. The number of carbonyl (C=O) groups is 1. The van der Waals surface area contributed by atoms with Crippen LogP contribution in [0.15, 0.2) is 72.8 Å². The van der Waals surface area contributed by atoms with Gasteiger partial charge in [0.05, 0.1) is 33.5 Å². The Hall–Kier alpha value is -3.51. The van der Waals surface area contributed by atoms with E-state index in [1.165, 1.54) is 0 Å². The maximum absolute atomic E-state index is 14.0. The van der Waals surface area contributed by atoms with E-state index in [1.54, 1.807) is 20.3 Å². The van der Waals surface area contributed by atoms with Gasteiger partial charge in [-0.3, -0.25) is 4.79 Å². The normalized spacial score (nSPS) is 16.7. The molecule has 1 fully saturated rings. The summed E-state index contributed by atoms with van der Waals surface area (Å²) >= 11 is 0. The minimum atomic E-state index is -0.577. The van der Waals surface area contributed by atoms with Crippen LogP contribution >= 0.6 is 0 Å². The number of morpholine rings is 1. The summed E-state index contributed by atoms with van der Waals surface area (Å²) in [4.78, 5) is 16.0. The molecule has 172 valence electrons. The van der Waals surface area contributed by atoms with Crippen molar-refractivity contribution >= 4 is 11.6 Å². The molecule has 1 aliphatic rings. The summed E-state index contributed by atoms with van der Waals surface area (Å²) in [6.07, 6.45) is 0. The van der Waals surface area contributed by atoms with Crippen LogP contribution in [0.2, 0.25) is 0 Å². The highest BCUT2D eigenvalue weighted by molar-refractivity contribution is 5.87. The highest BCUT2D eigenvalue weighted by Crippen LogP contribution is 2.32. The topological polar surface area (TPSA) is 60.0 Å². The monoisotopic (exact) mass is 446 g/mol. The van der Waals surface area contributed by atoms with Gasteiger partial charge in [0.15, 0.2) is 0 Å². The molecule has 1 N–H and O–H groups in total. The second-order valence-electron chi connectivity index (χ2n) is 8.12. The molecule has 0 spiro atoms. The first kappa shape index (κ1) is 22.7. The van der Waals surface area contributed by atoms with Gasteiger partial charge < -0.3 is 24.4 Å². The van der Waals surface area contributed by atoms with Crippen molar-refractivity contribution in [2.75, 3.05) is 39.3 Å². The molecule has 0 aliphatic carbocycles. The van der Waals surface area contributed by atoms with Crippen LogP contribution in [0.1, 0.15) is 28.8 Å². The molecule has 2 atom stereocenters. The molecule has 1 heterocycles. The van der Waals surface area contributed by atoms with Gasteiger partial charge >= 0.3 is 0 Å². The molecular formula is C27H30N2O4. The first-order valence-corrected chi connectivity index (χ1v) is 11.1. The number of carbonyl (C=O) groups excluding carboxylic acids is 1. The number of rotatable bonds is 7. The molecule has 1 amide bonds. The first-order chi connectivity index (χ1) is 16.1. The Labute approximate surface area is 195 Å². The number of amides is 1. The van der Waals surface area contributed by atoms with Crippen molar-refractivity contribution in [3.8, 4) is 11.5 Å². The van der Waals surface area contributed by atoms with E-state index in [-0.39, 0.29) is 11.9 Å². The van der Waals surface area contributed by atoms with Gasteiger partial charge in [-0.05, 0) is 18.1 Å². The van der Waals surface area contributed by atoms with Gasteiger partial charge in [-0.1, -0.05) is 60.2 Å². The maximum Gasteiger partial charge on any atom is 0.250 e. The van der Waals surface area contributed by atoms with E-state index in [4.69, 9.17) is 14.2 Å². The van der Waals surface area contributed by atoms with Crippen molar-refractivity contribution in [2.24, 2.45) is 0 Å². The number of aryl methyl sites for hydroxylation is 1. The van der Waals surface area contributed by atoms with Gasteiger partial charge in [0, 0.05) is 30.4 Å². The number of ether oxygens (including phenoxy) is 3. The summed E-state index contributed by atoms with van der Waals surface area (Å²) in [7, 11) is 3.22. The van der Waals surface area contributed by atoms with Crippen molar-refractivity contribution in [3.05, 3.63) is 89.5 Å². The molecular weight excluding hydrogens is 416 g/mol. The summed E-state index contributed by atoms with van der Waals surface area (Å²) in [5.74, 6) is 1.30. The number of nitrogens with one attached hydrogen (secondary N) is 1. The SMILES string of the molecule is COc1cc(NC(C(=O)N2CCOCC2c2ccccc2)c2ccc(C)cc2)cc(OC)c1. The van der Waals surface area contributed by atoms with Gasteiger partial charge in [-0.2, -0.15) is 0 Å². The summed E-state index contributed by atoms with van der Waals surface area (Å²) in [5.41, 5.74) is 3.85. The summed E-state index contributed by atoms with van der Waals surface area (Å²) < 4.78 is 16.6. The molecule has 0 bridgehead atoms. The van der Waals surface area contributed by atoms with E-state index in [2.05, 4.69) is 5.32 Å². The third-order valence-corrected chi connectivity index (χ3v) is 5.92. The minimum Gasteiger partial charge on any atom is -0.497 e. The lowest BCUT2D eigenvalue weighted by atomic mass is 9.99. The number of hydrogen-bond donors (Lipinski definition) is 1. The molecule has 6 nitrogen and oxygen atoms in total. The quantitative estimate of drug-likeness (QED) is 0.567. The fraction of sp³-hybridized carbons (Fsp3) is 0.296. The molecule has 0 aromatic heterocycles. The lowest BCUT2D eigenvalue weighted by Gasteiger charge is -2.38. The molecule has 1 saturated heterocycles. The molecule has 4 rings (SSSR count). The largest absolute Gasteiger partial charge is 0.497 e. The van der Waals surface area contributed by atoms with E-state index >= 15 is 0 Å². The van der Waals surface area contributed by atoms with Gasteiger partial charge in [-0.25, -0.2) is 0 Å². The second kappa shape index (κ2) is 10.4. The third-order valence-electron chi connectivity index (χ3n) is 5.92. The zero-order chi connectivity index (χ0) is 23.2. The average Bonchev–Trinajstić information content (AvgIpc) is 2.87. The van der Waals surface area contributed by atoms with Crippen LogP contribution in [-0.4, -0.2) is 44.8 Å². The van der Waals surface area contributed by atoms with Crippen LogP contribution in [0.5, 0.6) is 11.5 Å². The molecule has 33 heavy (non-hydrogen) atoms. The van der Waals surface area contributed by atoms with Crippen LogP contribution in [0, 0.1) is 6.92 Å². The lowest BCUT2D eigenvalue weighted by molar-refractivity contribution is -0.141. The smallest absolute Gasteiger partial charge is 0.250 e. The van der Waals surface area contributed by atoms with Gasteiger partial charge in [0.2, 0.25) is 5.91 Å². The van der Waals surface area contributed by atoms with Crippen LogP contribution in [-0.2, 0) is 9.53 Å². The van der Waals surface area contributed by atoms with Crippen LogP contribution in [0.25, 0.3) is 0 Å². The molecule has 3 aromatic carbocycles. The van der Waals surface area contributed by atoms with E-state index in [1.807, 2.05) is 78.6 Å². The summed E-state index contributed by atoms with van der Waals surface area (Å²) in [6.45, 7) is 3.56. The Morgan fingerprint density at radius 3 is 2.30 bits per heavy atom. The van der Waals surface area contributed by atoms with E-state index < -0.39 is 6.04 Å². The molecule has 2 unspecified atom stereocenters. The number of methoxy groups -OCH3 is 2. The maximum atomic E-state index is 14.0. The first-order valence-electron chi connectivity index (χ1n) is 11.1. The Bertz CT molecular complexity index is 1050. The zero-order valence-electron chi connectivity index (χ0n) is 19.3. The van der Waals surface area contributed by atoms with Gasteiger partial charge in [0.25, 0.3) is 0 Å². The van der Waals surface area contributed by atoms with Crippen LogP contribution in [0.3, 0.4) is 0 Å². The van der Waals surface area contributed by atoms with Crippen LogP contribution < -0.4 is 14.8 Å². The van der Waals surface area contributed by atoms with E-state index in [0.717, 1.165) is 22.4 Å². The molecule has 1 aliphatic heterocycles. The fourth-order valence-corrected chi connectivity index (χ4v) is 4.09. The van der Waals surface area contributed by atoms with Crippen molar-refractivity contribution < 1.29 is 19.0 Å². The Balaban J connectivity index is 1.70. The summed E-state index contributed by atoms with van der Waals surface area (Å²) in [5, 5.41) is 3.44. The number of nitrogens with zero attached hydrogens (tertiary/aromatic N) is 1. The van der Waals surface area contributed by atoms with Gasteiger partial charge in [-0.15, -0.1) is 0 Å². The molecule has 3 aromatic rings. The van der Waals surface area contributed by atoms with E-state index in [9.17, 15) is 4.79 Å². The standard InChI is InChI=1S/C27H30N2O4/c1-19-9-11-21(12-10-19)26(28-22-15-23(31-2)17-24(16-22)32-3)27(30)29-13-14-33-18-25(29)20-7-5-4-6-8-20/h4-12,15-17,25-26,28H,13-14,18H2,1-3H3. The zero-order valence-corrected chi connectivity index (χ0v) is 19.3. The minimum absolute atomic E-state index is 0.00204. The second-order valence-corrected chi connectivity index (χ2v) is 8.12. The molecule has 6 heteroatoms. The van der Waals surface area contributed by atoms with Crippen molar-refractivity contribution in [1.29, 1.82) is 0 Å². The average molecular weight is 447 g/mol. The predicted octanol–water partition coefficient (Wildman–Crippen LogP) is 4.77. The lowest BCUT2D eigenvalue weighted by Crippen LogP contribution is -2.46. The molecule has 0 radical (unpaired) electrons. The molecule has 0 saturated carbocycles. The number of hydrogen-bond acceptors (Lipinski definition) is 5. The Kier molecular flexibility index (Phi) is 7.15. The van der Waals surface area contributed by atoms with Crippen molar-refractivity contribution in [2.45, 2.75) is 19.0 Å². The van der Waals surface area contributed by atoms with Crippen LogP contribution in [0.4, 0.5) is 5.69 Å². The third kappa shape index (κ3) is 5.29. The summed E-state index contributed by atoms with van der Waals surface area (Å²) in [6, 6.07) is 22.9. The van der Waals surface area contributed by atoms with Crippen molar-refractivity contribution in [3.63, 3.8) is 0 Å².